The number of anilines is 1. The van der Waals surface area contributed by atoms with Gasteiger partial charge in [-0.15, -0.1) is 0 Å². The summed E-state index contributed by atoms with van der Waals surface area (Å²) in [6, 6.07) is 20.3. The van der Waals surface area contributed by atoms with Crippen LogP contribution in [0.3, 0.4) is 0 Å². The first-order valence-electron chi connectivity index (χ1n) is 12.2. The summed E-state index contributed by atoms with van der Waals surface area (Å²) in [4.78, 5) is 11.6. The van der Waals surface area contributed by atoms with E-state index in [-0.39, 0.29) is 18.2 Å². The van der Waals surface area contributed by atoms with Crippen LogP contribution in [0.25, 0.3) is 5.82 Å². The zero-order valence-corrected chi connectivity index (χ0v) is 22.1. The van der Waals surface area contributed by atoms with Gasteiger partial charge in [-0.1, -0.05) is 12.1 Å². The number of benzene rings is 1. The average molecular weight is 498 g/mol. The van der Waals surface area contributed by atoms with Crippen LogP contribution in [0.15, 0.2) is 73.1 Å². The number of hydrogen-bond acceptors (Lipinski definition) is 4. The molecular weight excluding hydrogens is 466 g/mol. The van der Waals surface area contributed by atoms with Crippen molar-refractivity contribution in [2.24, 2.45) is 0 Å². The molecule has 1 saturated heterocycles. The summed E-state index contributed by atoms with van der Waals surface area (Å²) in [6.45, 7) is 10.4. The van der Waals surface area contributed by atoms with Crippen molar-refractivity contribution in [3.63, 3.8) is 0 Å². The van der Waals surface area contributed by atoms with Gasteiger partial charge in [0.1, 0.15) is 11.6 Å². The van der Waals surface area contributed by atoms with Crippen LogP contribution in [0.4, 0.5) is 5.69 Å². The predicted molar refractivity (Wildman–Crippen MR) is 148 cm³/mol. The number of nitrogens with zero attached hydrogens (tertiary/aromatic N) is 4. The van der Waals surface area contributed by atoms with E-state index in [1.807, 2.05) is 56.6 Å². The van der Waals surface area contributed by atoms with E-state index in [9.17, 15) is 0 Å². The molecule has 7 heteroatoms. The van der Waals surface area contributed by atoms with Crippen LogP contribution in [0.2, 0.25) is 0 Å². The molecule has 0 spiro atoms. The summed E-state index contributed by atoms with van der Waals surface area (Å²) >= 11 is 5.91. The molecule has 0 amide bonds. The predicted octanol–water partition coefficient (Wildman–Crippen LogP) is 6.16. The minimum Gasteiger partial charge on any atom is -0.491 e. The fraction of sp³-hybridized carbons (Fsp3) is 0.276. The van der Waals surface area contributed by atoms with Gasteiger partial charge in [-0.2, -0.15) is 0 Å². The normalized spacial score (nSPS) is 17.5. The Hall–Kier alpha value is -3.71. The summed E-state index contributed by atoms with van der Waals surface area (Å²) in [5.41, 5.74) is 6.53. The number of ether oxygens (including phenoxy) is 1. The third-order valence-electron chi connectivity index (χ3n) is 6.57. The van der Waals surface area contributed by atoms with E-state index in [2.05, 4.69) is 70.9 Å². The van der Waals surface area contributed by atoms with Crippen LogP contribution < -0.4 is 15.0 Å². The molecule has 4 aromatic rings. The van der Waals surface area contributed by atoms with Crippen molar-refractivity contribution in [1.82, 2.24) is 19.9 Å². The van der Waals surface area contributed by atoms with Gasteiger partial charge in [-0.25, -0.2) is 4.98 Å². The summed E-state index contributed by atoms with van der Waals surface area (Å²) in [6.07, 6.45) is 3.79. The van der Waals surface area contributed by atoms with E-state index in [0.29, 0.717) is 5.11 Å². The Morgan fingerprint density at radius 3 is 2.36 bits per heavy atom. The van der Waals surface area contributed by atoms with Gasteiger partial charge in [-0.05, 0) is 106 Å². The number of nitrogens with one attached hydrogen (secondary N) is 1. The van der Waals surface area contributed by atoms with E-state index >= 15 is 0 Å². The number of pyridine rings is 2. The minimum absolute atomic E-state index is 0.0896. The summed E-state index contributed by atoms with van der Waals surface area (Å²) in [5.74, 6) is 1.79. The van der Waals surface area contributed by atoms with Crippen molar-refractivity contribution in [3.05, 3.63) is 101 Å². The van der Waals surface area contributed by atoms with Crippen molar-refractivity contribution in [1.29, 1.82) is 0 Å². The average Bonchev–Trinajstić information content (AvgIpc) is 3.35. The highest BCUT2D eigenvalue weighted by molar-refractivity contribution is 7.80. The van der Waals surface area contributed by atoms with Crippen molar-refractivity contribution in [3.8, 4) is 11.6 Å². The highest BCUT2D eigenvalue weighted by Gasteiger charge is 2.42. The number of thiocarbonyl (C=S) groups is 1. The fourth-order valence-corrected chi connectivity index (χ4v) is 5.38. The Labute approximate surface area is 218 Å². The van der Waals surface area contributed by atoms with E-state index in [1.165, 1.54) is 5.56 Å². The van der Waals surface area contributed by atoms with E-state index < -0.39 is 0 Å². The smallest absolute Gasteiger partial charge is 0.174 e. The lowest BCUT2D eigenvalue weighted by atomic mass is 9.96. The Morgan fingerprint density at radius 2 is 1.69 bits per heavy atom. The first-order valence-corrected chi connectivity index (χ1v) is 12.6. The molecule has 3 aromatic heterocycles. The Morgan fingerprint density at radius 1 is 0.944 bits per heavy atom. The number of aryl methyl sites for hydroxylation is 2. The standard InChI is InChI=1S/C29H31N5OS/c1-18(2)35-23-13-11-22(12-14-23)34-27(26(32-29(34)36)25-10-6-7-15-30-25)24-17-20(4)33(21(24)5)28-19(3)9-8-16-31-28/h6-18,26-27H,1-5H3,(H,32,36)/t26-,27+/m1/s1. The Kier molecular flexibility index (Phi) is 6.49. The molecule has 1 fully saturated rings. The lowest BCUT2D eigenvalue weighted by Crippen LogP contribution is -2.29. The van der Waals surface area contributed by atoms with Gasteiger partial charge in [0.2, 0.25) is 0 Å². The molecule has 0 unspecified atom stereocenters. The fourth-order valence-electron chi connectivity index (χ4n) is 5.03. The molecule has 5 rings (SSSR count). The summed E-state index contributed by atoms with van der Waals surface area (Å²) in [7, 11) is 0. The lowest BCUT2D eigenvalue weighted by Gasteiger charge is -2.28. The molecule has 36 heavy (non-hydrogen) atoms. The van der Waals surface area contributed by atoms with Gasteiger partial charge in [-0.3, -0.25) is 4.98 Å². The number of rotatable bonds is 6. The van der Waals surface area contributed by atoms with Gasteiger partial charge in [0.25, 0.3) is 0 Å². The van der Waals surface area contributed by atoms with Crippen LogP contribution in [0.1, 0.15) is 54.1 Å². The number of hydrogen-bond donors (Lipinski definition) is 1. The molecular formula is C29H31N5OS. The molecule has 1 aliphatic heterocycles. The van der Waals surface area contributed by atoms with Crippen molar-refractivity contribution in [2.75, 3.05) is 4.90 Å². The highest BCUT2D eigenvalue weighted by atomic mass is 32.1. The van der Waals surface area contributed by atoms with Gasteiger partial charge < -0.3 is 19.5 Å². The van der Waals surface area contributed by atoms with Crippen LogP contribution >= 0.6 is 12.2 Å². The third-order valence-corrected chi connectivity index (χ3v) is 6.88. The molecule has 1 aliphatic rings. The van der Waals surface area contributed by atoms with Crippen LogP contribution in [0, 0.1) is 20.8 Å². The largest absolute Gasteiger partial charge is 0.491 e. The molecule has 6 nitrogen and oxygen atoms in total. The molecule has 1 N–H and O–H groups in total. The maximum atomic E-state index is 5.91. The molecule has 184 valence electrons. The minimum atomic E-state index is -0.107. The Bertz CT molecular complexity index is 1380. The quantitative estimate of drug-likeness (QED) is 0.322. The van der Waals surface area contributed by atoms with Crippen molar-refractivity contribution >= 4 is 23.0 Å². The van der Waals surface area contributed by atoms with Crippen molar-refractivity contribution in [2.45, 2.75) is 52.8 Å². The molecule has 0 radical (unpaired) electrons. The molecule has 2 atom stereocenters. The molecule has 4 heterocycles. The molecule has 0 bridgehead atoms. The van der Waals surface area contributed by atoms with Gasteiger partial charge in [0, 0.05) is 29.5 Å². The van der Waals surface area contributed by atoms with Crippen LogP contribution in [-0.2, 0) is 0 Å². The van der Waals surface area contributed by atoms with Gasteiger partial charge in [0.05, 0.1) is 23.9 Å². The highest BCUT2D eigenvalue weighted by Crippen LogP contribution is 2.44. The zero-order chi connectivity index (χ0) is 25.4. The van der Waals surface area contributed by atoms with Crippen LogP contribution in [0.5, 0.6) is 5.75 Å². The SMILES string of the molecule is Cc1cccnc1-n1c(C)cc([C@H]2[C@@H](c3ccccn3)NC(=S)N2c2ccc(OC(C)C)cc2)c1C. The zero-order valence-electron chi connectivity index (χ0n) is 21.3. The monoisotopic (exact) mass is 497 g/mol. The van der Waals surface area contributed by atoms with Crippen molar-refractivity contribution < 1.29 is 4.74 Å². The van der Waals surface area contributed by atoms with E-state index in [1.54, 1.807) is 0 Å². The molecule has 0 saturated carbocycles. The maximum absolute atomic E-state index is 5.91. The second-order valence-electron chi connectivity index (χ2n) is 9.46. The summed E-state index contributed by atoms with van der Waals surface area (Å²) in [5, 5.41) is 4.23. The first kappa shape index (κ1) is 24.0. The summed E-state index contributed by atoms with van der Waals surface area (Å²) < 4.78 is 8.11. The first-order chi connectivity index (χ1) is 17.3. The second kappa shape index (κ2) is 9.74. The second-order valence-corrected chi connectivity index (χ2v) is 9.85. The van der Waals surface area contributed by atoms with E-state index in [4.69, 9.17) is 21.9 Å². The molecule has 0 aliphatic carbocycles. The van der Waals surface area contributed by atoms with Gasteiger partial charge in [0.15, 0.2) is 5.11 Å². The van der Waals surface area contributed by atoms with Gasteiger partial charge >= 0.3 is 0 Å². The Balaban J connectivity index is 1.64. The maximum Gasteiger partial charge on any atom is 0.174 e. The topological polar surface area (TPSA) is 55.2 Å². The number of aromatic nitrogens is 3. The lowest BCUT2D eigenvalue weighted by molar-refractivity contribution is 0.242. The van der Waals surface area contributed by atoms with Crippen LogP contribution in [-0.4, -0.2) is 25.8 Å². The third kappa shape index (κ3) is 4.35. The molecule has 1 aromatic carbocycles. The van der Waals surface area contributed by atoms with E-state index in [0.717, 1.165) is 39.9 Å².